The lowest BCUT2D eigenvalue weighted by Crippen LogP contribution is -2.13. The molecular weight excluding hydrogens is 276 g/mol. The summed E-state index contributed by atoms with van der Waals surface area (Å²) in [5.41, 5.74) is 4.17. The zero-order chi connectivity index (χ0) is 15.9. The Balaban J connectivity index is 1.56. The molecule has 1 fully saturated rings. The lowest BCUT2D eigenvalue weighted by Gasteiger charge is -2.29. The minimum atomic E-state index is 0.774. The van der Waals surface area contributed by atoms with Gasteiger partial charge in [0, 0.05) is 0 Å². The molecule has 23 heavy (non-hydrogen) atoms. The zero-order valence-corrected chi connectivity index (χ0v) is 14.1. The molecule has 0 spiro atoms. The fourth-order valence-electron chi connectivity index (χ4n) is 3.91. The minimum absolute atomic E-state index is 0.774. The molecule has 0 nitrogen and oxygen atoms in total. The molecule has 0 unspecified atom stereocenters. The number of rotatable bonds is 6. The monoisotopic (exact) mass is 304 g/mol. The van der Waals surface area contributed by atoms with Crippen molar-refractivity contribution in [2.75, 3.05) is 0 Å². The average molecular weight is 304 g/mol. The van der Waals surface area contributed by atoms with Gasteiger partial charge in [0.05, 0.1) is 0 Å². The van der Waals surface area contributed by atoms with Gasteiger partial charge in [-0.05, 0) is 67.1 Å². The van der Waals surface area contributed by atoms with Gasteiger partial charge in [0.25, 0.3) is 0 Å². The van der Waals surface area contributed by atoms with Gasteiger partial charge < -0.3 is 0 Å². The van der Waals surface area contributed by atoms with Crippen molar-refractivity contribution in [2.24, 2.45) is 5.92 Å². The minimum Gasteiger partial charge on any atom is -0.103 e. The molecule has 1 aliphatic carbocycles. The maximum Gasteiger partial charge on any atom is -0.0162 e. The molecule has 2 aromatic carbocycles. The van der Waals surface area contributed by atoms with Gasteiger partial charge in [-0.1, -0.05) is 67.1 Å². The second kappa shape index (κ2) is 8.15. The molecule has 0 amide bonds. The Labute approximate surface area is 141 Å². The maximum atomic E-state index is 3.82. The standard InChI is InChI=1S/C23H28/c1-2-3-5-8-19-11-13-21(14-12-19)23-17-15-22(16-18-23)20-9-6-4-7-10-20/h2,4,6-7,9-10,15-19,21H,1,3,5,8,11-14H2. The Bertz CT molecular complexity index is 586. The maximum absolute atomic E-state index is 3.82. The van der Waals surface area contributed by atoms with E-state index in [1.54, 1.807) is 0 Å². The van der Waals surface area contributed by atoms with E-state index in [1.807, 2.05) is 0 Å². The summed E-state index contributed by atoms with van der Waals surface area (Å²) < 4.78 is 0. The molecule has 3 rings (SSSR count). The van der Waals surface area contributed by atoms with Crippen molar-refractivity contribution in [1.29, 1.82) is 0 Å². The van der Waals surface area contributed by atoms with Crippen LogP contribution in [0.15, 0.2) is 67.3 Å². The second-order valence-corrected chi connectivity index (χ2v) is 6.93. The first-order valence-electron chi connectivity index (χ1n) is 9.13. The molecule has 0 saturated heterocycles. The van der Waals surface area contributed by atoms with E-state index in [9.17, 15) is 0 Å². The van der Waals surface area contributed by atoms with Crippen LogP contribution < -0.4 is 0 Å². The number of benzene rings is 2. The summed E-state index contributed by atoms with van der Waals surface area (Å²) in [4.78, 5) is 0. The molecule has 0 radical (unpaired) electrons. The molecule has 0 heterocycles. The SMILES string of the molecule is C=CCCCC1CCC(c2ccc(-c3ccccc3)cc2)CC1. The third-order valence-corrected chi connectivity index (χ3v) is 5.36. The fraction of sp³-hybridized carbons (Fsp3) is 0.391. The van der Waals surface area contributed by atoms with Crippen LogP contribution in [0, 0.1) is 5.92 Å². The van der Waals surface area contributed by atoms with Crippen LogP contribution in [0.2, 0.25) is 0 Å². The summed E-state index contributed by atoms with van der Waals surface area (Å²) in [5, 5.41) is 0. The van der Waals surface area contributed by atoms with Gasteiger partial charge >= 0.3 is 0 Å². The molecule has 0 atom stereocenters. The molecule has 0 aliphatic heterocycles. The van der Waals surface area contributed by atoms with Gasteiger partial charge in [0.2, 0.25) is 0 Å². The molecule has 0 heteroatoms. The molecule has 0 N–H and O–H groups in total. The number of allylic oxidation sites excluding steroid dienone is 1. The highest BCUT2D eigenvalue weighted by Gasteiger charge is 2.21. The van der Waals surface area contributed by atoms with Crippen LogP contribution in [-0.2, 0) is 0 Å². The van der Waals surface area contributed by atoms with Crippen molar-refractivity contribution in [1.82, 2.24) is 0 Å². The van der Waals surface area contributed by atoms with E-state index in [0.29, 0.717) is 0 Å². The van der Waals surface area contributed by atoms with E-state index in [0.717, 1.165) is 11.8 Å². The van der Waals surface area contributed by atoms with Crippen molar-refractivity contribution in [2.45, 2.75) is 50.9 Å². The molecular formula is C23H28. The van der Waals surface area contributed by atoms with Crippen LogP contribution in [0.1, 0.15) is 56.4 Å². The second-order valence-electron chi connectivity index (χ2n) is 6.93. The van der Waals surface area contributed by atoms with Gasteiger partial charge in [-0.2, -0.15) is 0 Å². The third-order valence-electron chi connectivity index (χ3n) is 5.36. The predicted octanol–water partition coefficient (Wildman–Crippen LogP) is 6.98. The summed E-state index contributed by atoms with van der Waals surface area (Å²) in [6.07, 6.45) is 11.5. The van der Waals surface area contributed by atoms with Gasteiger partial charge in [0.15, 0.2) is 0 Å². The van der Waals surface area contributed by atoms with E-state index in [-0.39, 0.29) is 0 Å². The van der Waals surface area contributed by atoms with E-state index in [2.05, 4.69) is 67.3 Å². The van der Waals surface area contributed by atoms with Crippen LogP contribution in [0.3, 0.4) is 0 Å². The third kappa shape index (κ3) is 4.34. The molecule has 0 aromatic heterocycles. The first kappa shape index (κ1) is 16.1. The number of unbranched alkanes of at least 4 members (excludes halogenated alkanes) is 1. The Morgan fingerprint density at radius 3 is 2.13 bits per heavy atom. The Hall–Kier alpha value is -1.82. The van der Waals surface area contributed by atoms with E-state index in [4.69, 9.17) is 0 Å². The summed E-state index contributed by atoms with van der Waals surface area (Å²) in [5.74, 6) is 1.73. The Morgan fingerprint density at radius 2 is 1.48 bits per heavy atom. The van der Waals surface area contributed by atoms with E-state index in [1.165, 1.54) is 61.6 Å². The Morgan fingerprint density at radius 1 is 0.826 bits per heavy atom. The highest BCUT2D eigenvalue weighted by atomic mass is 14.3. The molecule has 2 aromatic rings. The van der Waals surface area contributed by atoms with Gasteiger partial charge in [-0.25, -0.2) is 0 Å². The topological polar surface area (TPSA) is 0 Å². The van der Waals surface area contributed by atoms with Crippen molar-refractivity contribution in [3.63, 3.8) is 0 Å². The van der Waals surface area contributed by atoms with Crippen molar-refractivity contribution in [3.05, 3.63) is 72.8 Å². The van der Waals surface area contributed by atoms with Crippen molar-refractivity contribution in [3.8, 4) is 11.1 Å². The normalized spacial score (nSPS) is 21.0. The average Bonchev–Trinajstić information content (AvgIpc) is 2.63. The Kier molecular flexibility index (Phi) is 5.69. The summed E-state index contributed by atoms with van der Waals surface area (Å²) >= 11 is 0. The fourth-order valence-corrected chi connectivity index (χ4v) is 3.91. The zero-order valence-electron chi connectivity index (χ0n) is 14.1. The van der Waals surface area contributed by atoms with Crippen molar-refractivity contribution < 1.29 is 0 Å². The summed E-state index contributed by atoms with van der Waals surface area (Å²) in [7, 11) is 0. The highest BCUT2D eigenvalue weighted by Crippen LogP contribution is 2.38. The largest absolute Gasteiger partial charge is 0.103 e. The summed E-state index contributed by atoms with van der Waals surface area (Å²) in [6.45, 7) is 3.82. The highest BCUT2D eigenvalue weighted by molar-refractivity contribution is 5.63. The van der Waals surface area contributed by atoms with Gasteiger partial charge in [0.1, 0.15) is 0 Å². The van der Waals surface area contributed by atoms with Gasteiger partial charge in [-0.3, -0.25) is 0 Å². The smallest absolute Gasteiger partial charge is 0.0162 e. The first-order chi connectivity index (χ1) is 11.4. The molecule has 1 saturated carbocycles. The molecule has 1 aliphatic rings. The lowest BCUT2D eigenvalue weighted by molar-refractivity contribution is 0.306. The van der Waals surface area contributed by atoms with Crippen LogP contribution in [0.4, 0.5) is 0 Å². The van der Waals surface area contributed by atoms with E-state index < -0.39 is 0 Å². The van der Waals surface area contributed by atoms with Crippen LogP contribution in [0.25, 0.3) is 11.1 Å². The first-order valence-corrected chi connectivity index (χ1v) is 9.13. The lowest BCUT2D eigenvalue weighted by atomic mass is 9.77. The van der Waals surface area contributed by atoms with Crippen molar-refractivity contribution >= 4 is 0 Å². The van der Waals surface area contributed by atoms with E-state index >= 15 is 0 Å². The quantitative estimate of drug-likeness (QED) is 0.399. The number of hydrogen-bond donors (Lipinski definition) is 0. The summed E-state index contributed by atoms with van der Waals surface area (Å²) in [6, 6.07) is 19.9. The van der Waals surface area contributed by atoms with Crippen LogP contribution in [0.5, 0.6) is 0 Å². The predicted molar refractivity (Wildman–Crippen MR) is 101 cm³/mol. The molecule has 0 bridgehead atoms. The number of hydrogen-bond acceptors (Lipinski definition) is 0. The van der Waals surface area contributed by atoms with Gasteiger partial charge in [-0.15, -0.1) is 6.58 Å². The van der Waals surface area contributed by atoms with Crippen LogP contribution >= 0.6 is 0 Å². The van der Waals surface area contributed by atoms with Crippen LogP contribution in [-0.4, -0.2) is 0 Å². The molecule has 120 valence electrons.